The van der Waals surface area contributed by atoms with Gasteiger partial charge in [-0.1, -0.05) is 42.0 Å². The summed E-state index contributed by atoms with van der Waals surface area (Å²) in [7, 11) is -3.87. The molecule has 3 rings (SSSR count). The fraction of sp³-hybridized carbons (Fsp3) is 0.167. The van der Waals surface area contributed by atoms with Crippen molar-refractivity contribution < 1.29 is 17.4 Å². The van der Waals surface area contributed by atoms with Crippen molar-refractivity contribution in [2.75, 3.05) is 0 Å². The number of Topliss-reactive ketones (excluding diaryl/α,β-unsaturated/α-hetero) is 1. The molecular weight excluding hydrogens is 312 g/mol. The van der Waals surface area contributed by atoms with Crippen molar-refractivity contribution in [3.8, 4) is 5.75 Å². The van der Waals surface area contributed by atoms with Gasteiger partial charge in [-0.2, -0.15) is 8.42 Å². The Balaban J connectivity index is 1.82. The van der Waals surface area contributed by atoms with Gasteiger partial charge in [0.15, 0.2) is 5.78 Å². The number of carbonyl (C=O) groups is 1. The molecule has 0 atom stereocenters. The van der Waals surface area contributed by atoms with Crippen LogP contribution in [0.2, 0.25) is 0 Å². The van der Waals surface area contributed by atoms with E-state index in [4.69, 9.17) is 4.18 Å². The molecule has 0 spiro atoms. The highest BCUT2D eigenvalue weighted by Gasteiger charge is 2.24. The van der Waals surface area contributed by atoms with Gasteiger partial charge in [0.25, 0.3) is 0 Å². The zero-order valence-corrected chi connectivity index (χ0v) is 13.5. The molecular formula is C18H16O4S. The van der Waals surface area contributed by atoms with E-state index in [0.29, 0.717) is 24.0 Å². The monoisotopic (exact) mass is 328 g/mol. The Morgan fingerprint density at radius 2 is 1.78 bits per heavy atom. The first kappa shape index (κ1) is 15.5. The summed E-state index contributed by atoms with van der Waals surface area (Å²) < 4.78 is 29.4. The first-order valence-electron chi connectivity index (χ1n) is 7.29. The molecule has 0 fully saturated rings. The predicted molar refractivity (Wildman–Crippen MR) is 88.9 cm³/mol. The third-order valence-corrected chi connectivity index (χ3v) is 4.63. The van der Waals surface area contributed by atoms with Gasteiger partial charge in [0.05, 0.1) is 5.41 Å². The Morgan fingerprint density at radius 1 is 1.04 bits per heavy atom. The van der Waals surface area contributed by atoms with Crippen LogP contribution < -0.4 is 4.18 Å². The standard InChI is InChI=1S/C18H16O4S/c1-13-5-7-14(8-6-13)11-12-23(20,21)22-18-4-2-3-15-16(18)9-10-17(15)19/h2-8,11-12H,9-10H2,1H3. The zero-order valence-electron chi connectivity index (χ0n) is 12.7. The maximum absolute atomic E-state index is 12.1. The smallest absolute Gasteiger partial charge is 0.332 e. The summed E-state index contributed by atoms with van der Waals surface area (Å²) in [5.41, 5.74) is 3.10. The molecule has 2 aromatic carbocycles. The highest BCUT2D eigenvalue weighted by Crippen LogP contribution is 2.31. The maximum atomic E-state index is 12.1. The number of ketones is 1. The molecule has 4 nitrogen and oxygen atoms in total. The van der Waals surface area contributed by atoms with E-state index in [-0.39, 0.29) is 11.5 Å². The lowest BCUT2D eigenvalue weighted by atomic mass is 10.1. The van der Waals surface area contributed by atoms with Gasteiger partial charge in [0.2, 0.25) is 0 Å². The lowest BCUT2D eigenvalue weighted by Crippen LogP contribution is -2.07. The van der Waals surface area contributed by atoms with Crippen molar-refractivity contribution in [3.63, 3.8) is 0 Å². The zero-order chi connectivity index (χ0) is 16.4. The third-order valence-electron chi connectivity index (χ3n) is 3.75. The van der Waals surface area contributed by atoms with Gasteiger partial charge in [-0.05, 0) is 31.1 Å². The summed E-state index contributed by atoms with van der Waals surface area (Å²) in [6.07, 6.45) is 2.40. The molecule has 0 bridgehead atoms. The van der Waals surface area contributed by atoms with E-state index in [1.54, 1.807) is 18.2 Å². The van der Waals surface area contributed by atoms with Crippen LogP contribution in [0.4, 0.5) is 0 Å². The fourth-order valence-electron chi connectivity index (χ4n) is 2.53. The van der Waals surface area contributed by atoms with Gasteiger partial charge >= 0.3 is 10.1 Å². The second kappa shape index (κ2) is 6.01. The Labute approximate surface area is 135 Å². The second-order valence-corrected chi connectivity index (χ2v) is 6.92. The van der Waals surface area contributed by atoms with Crippen LogP contribution in [0.15, 0.2) is 47.9 Å². The average Bonchev–Trinajstić information content (AvgIpc) is 2.89. The van der Waals surface area contributed by atoms with Crippen molar-refractivity contribution in [1.29, 1.82) is 0 Å². The van der Waals surface area contributed by atoms with E-state index in [1.807, 2.05) is 31.2 Å². The number of benzene rings is 2. The first-order chi connectivity index (χ1) is 10.9. The van der Waals surface area contributed by atoms with Gasteiger partial charge in [0, 0.05) is 17.5 Å². The lowest BCUT2D eigenvalue weighted by Gasteiger charge is -2.08. The summed E-state index contributed by atoms with van der Waals surface area (Å²) in [5, 5.41) is 1.04. The molecule has 2 aromatic rings. The first-order valence-corrected chi connectivity index (χ1v) is 8.76. The number of hydrogen-bond donors (Lipinski definition) is 0. The highest BCUT2D eigenvalue weighted by atomic mass is 32.2. The lowest BCUT2D eigenvalue weighted by molar-refractivity contribution is 0.0994. The second-order valence-electron chi connectivity index (χ2n) is 5.50. The number of aryl methyl sites for hydroxylation is 1. The summed E-state index contributed by atoms with van der Waals surface area (Å²) in [6.45, 7) is 1.96. The number of hydrogen-bond acceptors (Lipinski definition) is 4. The molecule has 0 N–H and O–H groups in total. The van der Waals surface area contributed by atoms with E-state index in [2.05, 4.69) is 0 Å². The maximum Gasteiger partial charge on any atom is 0.332 e. The Hall–Kier alpha value is -2.40. The molecule has 0 saturated carbocycles. The third kappa shape index (κ3) is 3.51. The van der Waals surface area contributed by atoms with Crippen LogP contribution in [0.25, 0.3) is 6.08 Å². The number of carbonyl (C=O) groups excluding carboxylic acids is 1. The molecule has 0 aromatic heterocycles. The van der Waals surface area contributed by atoms with Crippen molar-refractivity contribution in [1.82, 2.24) is 0 Å². The largest absolute Gasteiger partial charge is 0.379 e. The number of fused-ring (bicyclic) bond motifs is 1. The minimum absolute atomic E-state index is 0.0260. The Morgan fingerprint density at radius 3 is 2.52 bits per heavy atom. The molecule has 0 saturated heterocycles. The molecule has 23 heavy (non-hydrogen) atoms. The molecule has 0 radical (unpaired) electrons. The summed E-state index contributed by atoms with van der Waals surface area (Å²) in [4.78, 5) is 11.7. The van der Waals surface area contributed by atoms with Crippen LogP contribution in [0.3, 0.4) is 0 Å². The average molecular weight is 328 g/mol. The van der Waals surface area contributed by atoms with E-state index in [1.165, 1.54) is 6.08 Å². The highest BCUT2D eigenvalue weighted by molar-refractivity contribution is 7.90. The molecule has 0 unspecified atom stereocenters. The van der Waals surface area contributed by atoms with Crippen molar-refractivity contribution >= 4 is 22.0 Å². The number of rotatable bonds is 4. The van der Waals surface area contributed by atoms with Gasteiger partial charge in [0.1, 0.15) is 5.75 Å². The van der Waals surface area contributed by atoms with E-state index >= 15 is 0 Å². The molecule has 118 valence electrons. The van der Waals surface area contributed by atoms with Crippen LogP contribution in [-0.2, 0) is 16.5 Å². The van der Waals surface area contributed by atoms with E-state index in [0.717, 1.165) is 16.5 Å². The quantitative estimate of drug-likeness (QED) is 0.806. The van der Waals surface area contributed by atoms with Gasteiger partial charge in [-0.25, -0.2) is 0 Å². The molecule has 5 heteroatoms. The molecule has 0 amide bonds. The summed E-state index contributed by atoms with van der Waals surface area (Å²) in [5.74, 6) is 0.264. The van der Waals surface area contributed by atoms with Crippen molar-refractivity contribution in [2.45, 2.75) is 19.8 Å². The van der Waals surface area contributed by atoms with Crippen LogP contribution >= 0.6 is 0 Å². The molecule has 0 heterocycles. The Bertz CT molecular complexity index is 878. The summed E-state index contributed by atoms with van der Waals surface area (Å²) in [6, 6.07) is 12.4. The summed E-state index contributed by atoms with van der Waals surface area (Å²) >= 11 is 0. The molecule has 1 aliphatic rings. The molecule has 0 aliphatic heterocycles. The van der Waals surface area contributed by atoms with E-state index < -0.39 is 10.1 Å². The molecule has 1 aliphatic carbocycles. The van der Waals surface area contributed by atoms with Crippen LogP contribution in [0.1, 0.15) is 33.5 Å². The normalized spacial score (nSPS) is 14.2. The van der Waals surface area contributed by atoms with Gasteiger partial charge < -0.3 is 4.18 Å². The predicted octanol–water partition coefficient (Wildman–Crippen LogP) is 3.50. The Kier molecular flexibility index (Phi) is 4.05. The van der Waals surface area contributed by atoms with Crippen LogP contribution in [-0.4, -0.2) is 14.2 Å². The van der Waals surface area contributed by atoms with Crippen molar-refractivity contribution in [2.24, 2.45) is 0 Å². The SMILES string of the molecule is Cc1ccc(C=CS(=O)(=O)Oc2cccc3c2CCC3=O)cc1. The van der Waals surface area contributed by atoms with Gasteiger partial charge in [-0.3, -0.25) is 4.79 Å². The van der Waals surface area contributed by atoms with E-state index in [9.17, 15) is 13.2 Å². The minimum atomic E-state index is -3.87. The fourth-order valence-corrected chi connectivity index (χ4v) is 3.31. The van der Waals surface area contributed by atoms with Gasteiger partial charge in [-0.15, -0.1) is 0 Å². The minimum Gasteiger partial charge on any atom is -0.379 e. The van der Waals surface area contributed by atoms with Crippen LogP contribution in [0, 0.1) is 6.92 Å². The van der Waals surface area contributed by atoms with Crippen molar-refractivity contribution in [3.05, 3.63) is 70.1 Å². The van der Waals surface area contributed by atoms with Crippen LogP contribution in [0.5, 0.6) is 5.75 Å². The topological polar surface area (TPSA) is 60.4 Å².